The number of hydrogen-bond donors (Lipinski definition) is 3. The molecular weight excluding hydrogens is 256 g/mol. The number of rotatable bonds is 2. The van der Waals surface area contributed by atoms with E-state index in [9.17, 15) is 9.59 Å². The first kappa shape index (κ1) is 14.3. The Kier molecular flexibility index (Phi) is 4.19. The van der Waals surface area contributed by atoms with Gasteiger partial charge in [-0.05, 0) is 32.9 Å². The van der Waals surface area contributed by atoms with E-state index in [2.05, 4.69) is 10.6 Å². The highest BCUT2D eigenvalue weighted by Gasteiger charge is 2.18. The third-order valence-corrected chi connectivity index (χ3v) is 2.29. The van der Waals surface area contributed by atoms with Gasteiger partial charge in [0.05, 0.1) is 16.3 Å². The van der Waals surface area contributed by atoms with Crippen LogP contribution >= 0.6 is 11.6 Å². The molecule has 2 amide bonds. The zero-order valence-corrected chi connectivity index (χ0v) is 11.1. The van der Waals surface area contributed by atoms with E-state index in [0.717, 1.165) is 0 Å². The molecule has 1 aromatic carbocycles. The molecule has 5 nitrogen and oxygen atoms in total. The molecular formula is C12H15ClN2O3. The molecule has 18 heavy (non-hydrogen) atoms. The van der Waals surface area contributed by atoms with Gasteiger partial charge in [0.25, 0.3) is 0 Å². The highest BCUT2D eigenvalue weighted by atomic mass is 35.5. The Balaban J connectivity index is 2.97. The van der Waals surface area contributed by atoms with Crippen molar-refractivity contribution in [1.29, 1.82) is 0 Å². The number of urea groups is 1. The van der Waals surface area contributed by atoms with Gasteiger partial charge in [0.15, 0.2) is 0 Å². The molecule has 0 saturated carbocycles. The molecule has 0 saturated heterocycles. The van der Waals surface area contributed by atoms with E-state index in [0.29, 0.717) is 0 Å². The molecule has 1 rings (SSSR count). The number of carbonyl (C=O) groups excluding carboxylic acids is 1. The predicted octanol–water partition coefficient (Wildman–Crippen LogP) is 2.96. The molecule has 0 fully saturated rings. The van der Waals surface area contributed by atoms with Crippen molar-refractivity contribution >= 4 is 29.3 Å². The van der Waals surface area contributed by atoms with Crippen LogP contribution in [0.1, 0.15) is 31.1 Å². The summed E-state index contributed by atoms with van der Waals surface area (Å²) in [4.78, 5) is 22.7. The summed E-state index contributed by atoms with van der Waals surface area (Å²) < 4.78 is 0. The first-order valence-electron chi connectivity index (χ1n) is 5.31. The van der Waals surface area contributed by atoms with Gasteiger partial charge in [-0.2, -0.15) is 0 Å². The van der Waals surface area contributed by atoms with Gasteiger partial charge in [-0.25, -0.2) is 9.59 Å². The van der Waals surface area contributed by atoms with Gasteiger partial charge >= 0.3 is 12.0 Å². The molecule has 0 bridgehead atoms. The van der Waals surface area contributed by atoms with Crippen molar-refractivity contribution < 1.29 is 14.7 Å². The number of halogens is 1. The molecule has 0 aliphatic rings. The summed E-state index contributed by atoms with van der Waals surface area (Å²) in [5.74, 6) is -1.15. The van der Waals surface area contributed by atoms with Crippen molar-refractivity contribution in [2.24, 2.45) is 0 Å². The maximum Gasteiger partial charge on any atom is 0.337 e. The lowest BCUT2D eigenvalue weighted by atomic mass is 10.1. The van der Waals surface area contributed by atoms with Crippen LogP contribution in [-0.4, -0.2) is 22.6 Å². The zero-order valence-electron chi connectivity index (χ0n) is 10.4. The van der Waals surface area contributed by atoms with E-state index >= 15 is 0 Å². The average Bonchev–Trinajstić information content (AvgIpc) is 2.17. The second kappa shape index (κ2) is 5.27. The first-order chi connectivity index (χ1) is 8.20. The van der Waals surface area contributed by atoms with Crippen LogP contribution in [0.5, 0.6) is 0 Å². The Morgan fingerprint density at radius 3 is 2.39 bits per heavy atom. The standard InChI is InChI=1S/C12H15ClN2O3/c1-12(2,3)15-11(18)14-9-7(10(16)17)5-4-6-8(9)13/h4-6H,1-3H3,(H,16,17)(H2,14,15,18). The average molecular weight is 271 g/mol. The van der Waals surface area contributed by atoms with Gasteiger partial charge < -0.3 is 15.7 Å². The van der Waals surface area contributed by atoms with Gasteiger partial charge in [-0.1, -0.05) is 17.7 Å². The Morgan fingerprint density at radius 2 is 1.89 bits per heavy atom. The molecule has 0 heterocycles. The third-order valence-electron chi connectivity index (χ3n) is 1.97. The number of carboxylic acid groups (broad SMARTS) is 1. The number of nitrogens with one attached hydrogen (secondary N) is 2. The predicted molar refractivity (Wildman–Crippen MR) is 70.3 cm³/mol. The highest BCUT2D eigenvalue weighted by molar-refractivity contribution is 6.34. The Labute approximate surface area is 110 Å². The maximum absolute atomic E-state index is 11.7. The number of carboxylic acids is 1. The van der Waals surface area contributed by atoms with Gasteiger partial charge in [0, 0.05) is 5.54 Å². The number of benzene rings is 1. The fraction of sp³-hybridized carbons (Fsp3) is 0.333. The minimum Gasteiger partial charge on any atom is -0.478 e. The largest absolute Gasteiger partial charge is 0.478 e. The molecule has 0 aliphatic heterocycles. The Bertz CT molecular complexity index is 481. The molecule has 0 aliphatic carbocycles. The number of anilines is 1. The number of amides is 2. The van der Waals surface area contributed by atoms with Gasteiger partial charge in [-0.3, -0.25) is 0 Å². The zero-order chi connectivity index (χ0) is 13.9. The Hall–Kier alpha value is -1.75. The van der Waals surface area contributed by atoms with Gasteiger partial charge in [-0.15, -0.1) is 0 Å². The quantitative estimate of drug-likeness (QED) is 0.773. The molecule has 0 aromatic heterocycles. The first-order valence-corrected chi connectivity index (χ1v) is 5.69. The molecule has 0 atom stereocenters. The van der Waals surface area contributed by atoms with Crippen LogP contribution in [0.3, 0.4) is 0 Å². The van der Waals surface area contributed by atoms with Crippen molar-refractivity contribution in [3.8, 4) is 0 Å². The smallest absolute Gasteiger partial charge is 0.337 e. The van der Waals surface area contributed by atoms with Crippen LogP contribution < -0.4 is 10.6 Å². The topological polar surface area (TPSA) is 78.4 Å². The lowest BCUT2D eigenvalue weighted by Gasteiger charge is -2.21. The summed E-state index contributed by atoms with van der Waals surface area (Å²) in [6.07, 6.45) is 0. The minimum absolute atomic E-state index is 0.0495. The summed E-state index contributed by atoms with van der Waals surface area (Å²) in [6, 6.07) is 3.90. The van der Waals surface area contributed by atoms with Crippen LogP contribution in [0.25, 0.3) is 0 Å². The van der Waals surface area contributed by atoms with Gasteiger partial charge in [0.1, 0.15) is 0 Å². The Morgan fingerprint density at radius 1 is 1.28 bits per heavy atom. The molecule has 1 aromatic rings. The van der Waals surface area contributed by atoms with Crippen molar-refractivity contribution in [1.82, 2.24) is 5.32 Å². The molecule has 0 spiro atoms. The summed E-state index contributed by atoms with van der Waals surface area (Å²) in [7, 11) is 0. The SMILES string of the molecule is CC(C)(C)NC(=O)Nc1c(Cl)cccc1C(=O)O. The summed E-state index contributed by atoms with van der Waals surface area (Å²) in [5.41, 5.74) is -0.380. The van der Waals surface area contributed by atoms with E-state index < -0.39 is 17.5 Å². The number of hydrogen-bond acceptors (Lipinski definition) is 2. The van der Waals surface area contributed by atoms with Crippen molar-refractivity contribution in [3.05, 3.63) is 28.8 Å². The van der Waals surface area contributed by atoms with E-state index in [4.69, 9.17) is 16.7 Å². The molecule has 3 N–H and O–H groups in total. The summed E-state index contributed by atoms with van der Waals surface area (Å²) >= 11 is 5.88. The van der Waals surface area contributed by atoms with Crippen LogP contribution in [0.2, 0.25) is 5.02 Å². The van der Waals surface area contributed by atoms with Crippen molar-refractivity contribution in [2.45, 2.75) is 26.3 Å². The number of carbonyl (C=O) groups is 2. The fourth-order valence-corrected chi connectivity index (χ4v) is 1.54. The van der Waals surface area contributed by atoms with E-state index in [1.54, 1.807) is 0 Å². The van der Waals surface area contributed by atoms with Crippen LogP contribution in [0.15, 0.2) is 18.2 Å². The third kappa shape index (κ3) is 3.92. The van der Waals surface area contributed by atoms with E-state index in [1.807, 2.05) is 20.8 Å². The number of aromatic carboxylic acids is 1. The monoisotopic (exact) mass is 270 g/mol. The van der Waals surface area contributed by atoms with E-state index in [-0.39, 0.29) is 16.3 Å². The second-order valence-corrected chi connectivity index (χ2v) is 5.20. The molecule has 0 radical (unpaired) electrons. The molecule has 0 unspecified atom stereocenters. The molecule has 98 valence electrons. The number of para-hydroxylation sites is 1. The van der Waals surface area contributed by atoms with Crippen LogP contribution in [-0.2, 0) is 0 Å². The van der Waals surface area contributed by atoms with Crippen molar-refractivity contribution in [3.63, 3.8) is 0 Å². The van der Waals surface area contributed by atoms with Crippen LogP contribution in [0, 0.1) is 0 Å². The maximum atomic E-state index is 11.7. The lowest BCUT2D eigenvalue weighted by molar-refractivity contribution is 0.0698. The lowest BCUT2D eigenvalue weighted by Crippen LogP contribution is -2.43. The van der Waals surface area contributed by atoms with Gasteiger partial charge in [0.2, 0.25) is 0 Å². The summed E-state index contributed by atoms with van der Waals surface area (Å²) in [5, 5.41) is 14.3. The fourth-order valence-electron chi connectivity index (χ4n) is 1.31. The van der Waals surface area contributed by atoms with E-state index in [1.165, 1.54) is 18.2 Å². The minimum atomic E-state index is -1.15. The highest BCUT2D eigenvalue weighted by Crippen LogP contribution is 2.26. The van der Waals surface area contributed by atoms with Crippen LogP contribution in [0.4, 0.5) is 10.5 Å². The normalized spacial score (nSPS) is 10.9. The second-order valence-electron chi connectivity index (χ2n) is 4.80. The summed E-state index contributed by atoms with van der Waals surface area (Å²) in [6.45, 7) is 5.45. The molecule has 6 heteroatoms. The van der Waals surface area contributed by atoms with Crippen molar-refractivity contribution in [2.75, 3.05) is 5.32 Å².